The molecule has 2 saturated heterocycles. The Morgan fingerprint density at radius 2 is 1.96 bits per heavy atom. The first-order valence-electron chi connectivity index (χ1n) is 8.88. The Morgan fingerprint density at radius 1 is 1.19 bits per heavy atom. The molecule has 1 aromatic carbocycles. The van der Waals surface area contributed by atoms with Crippen LogP contribution in [0.3, 0.4) is 0 Å². The van der Waals surface area contributed by atoms with Crippen LogP contribution in [0, 0.1) is 12.7 Å². The van der Waals surface area contributed by atoms with Crippen molar-refractivity contribution in [3.8, 4) is 0 Å². The summed E-state index contributed by atoms with van der Waals surface area (Å²) in [6, 6.07) is 9.42. The van der Waals surface area contributed by atoms with E-state index in [1.165, 1.54) is 12.1 Å². The Bertz CT molecular complexity index is 869. The standard InChI is InChI=1S/C20H20FN3O3/c1-14-2-3-15(10-22-14)19(26)23-9-8-20(12-23)13-24(18(25)11-27-20)17-6-4-16(21)5-7-17/h2-7,10H,8-9,11-13H2,1H3. The van der Waals surface area contributed by atoms with E-state index in [2.05, 4.69) is 4.98 Å². The van der Waals surface area contributed by atoms with Crippen LogP contribution in [0.25, 0.3) is 0 Å². The Balaban J connectivity index is 1.50. The van der Waals surface area contributed by atoms with E-state index in [1.54, 1.807) is 34.2 Å². The molecule has 0 saturated carbocycles. The minimum absolute atomic E-state index is 0.0501. The van der Waals surface area contributed by atoms with Crippen molar-refractivity contribution in [1.29, 1.82) is 0 Å². The quantitative estimate of drug-likeness (QED) is 0.814. The average Bonchev–Trinajstić information content (AvgIpc) is 3.08. The predicted molar refractivity (Wildman–Crippen MR) is 96.9 cm³/mol. The van der Waals surface area contributed by atoms with E-state index in [1.807, 2.05) is 13.0 Å². The summed E-state index contributed by atoms with van der Waals surface area (Å²) in [4.78, 5) is 32.6. The Labute approximate surface area is 156 Å². The molecule has 0 N–H and O–H groups in total. The van der Waals surface area contributed by atoms with E-state index >= 15 is 0 Å². The number of halogens is 1. The van der Waals surface area contributed by atoms with Crippen LogP contribution in [0.2, 0.25) is 0 Å². The van der Waals surface area contributed by atoms with Crippen molar-refractivity contribution in [2.75, 3.05) is 31.1 Å². The number of nitrogens with zero attached hydrogens (tertiary/aromatic N) is 3. The molecular weight excluding hydrogens is 349 g/mol. The summed E-state index contributed by atoms with van der Waals surface area (Å²) in [5.74, 6) is -0.605. The van der Waals surface area contributed by atoms with Crippen LogP contribution >= 0.6 is 0 Å². The zero-order valence-electron chi connectivity index (χ0n) is 15.0. The van der Waals surface area contributed by atoms with Gasteiger partial charge in [-0.3, -0.25) is 14.6 Å². The first-order valence-corrected chi connectivity index (χ1v) is 8.88. The number of pyridine rings is 1. The van der Waals surface area contributed by atoms with Gasteiger partial charge >= 0.3 is 0 Å². The fraction of sp³-hybridized carbons (Fsp3) is 0.350. The molecule has 0 radical (unpaired) electrons. The molecule has 6 nitrogen and oxygen atoms in total. The molecule has 2 aliphatic rings. The molecule has 2 fully saturated rings. The number of aryl methyl sites for hydroxylation is 1. The number of amides is 2. The number of hydrogen-bond donors (Lipinski definition) is 0. The molecule has 2 aliphatic heterocycles. The number of carbonyl (C=O) groups is 2. The van der Waals surface area contributed by atoms with Crippen molar-refractivity contribution in [2.45, 2.75) is 18.9 Å². The van der Waals surface area contributed by atoms with Gasteiger partial charge in [-0.05, 0) is 49.7 Å². The first kappa shape index (κ1) is 17.6. The van der Waals surface area contributed by atoms with Gasteiger partial charge in [0, 0.05) is 24.1 Å². The van der Waals surface area contributed by atoms with Crippen molar-refractivity contribution >= 4 is 17.5 Å². The van der Waals surface area contributed by atoms with Crippen molar-refractivity contribution in [3.63, 3.8) is 0 Å². The predicted octanol–water partition coefficient (Wildman–Crippen LogP) is 2.18. The topological polar surface area (TPSA) is 62.7 Å². The normalized spacial score (nSPS) is 22.5. The highest BCUT2D eigenvalue weighted by atomic mass is 19.1. The average molecular weight is 369 g/mol. The largest absolute Gasteiger partial charge is 0.361 e. The van der Waals surface area contributed by atoms with Crippen LogP contribution in [0.1, 0.15) is 22.5 Å². The van der Waals surface area contributed by atoms with Crippen molar-refractivity contribution < 1.29 is 18.7 Å². The molecule has 1 unspecified atom stereocenters. The summed E-state index contributed by atoms with van der Waals surface area (Å²) in [6.07, 6.45) is 2.22. The lowest BCUT2D eigenvalue weighted by Gasteiger charge is -2.40. The van der Waals surface area contributed by atoms with Crippen LogP contribution in [0.5, 0.6) is 0 Å². The van der Waals surface area contributed by atoms with E-state index in [9.17, 15) is 14.0 Å². The zero-order chi connectivity index (χ0) is 19.0. The maximum atomic E-state index is 13.2. The van der Waals surface area contributed by atoms with Gasteiger partial charge in [0.05, 0.1) is 18.7 Å². The van der Waals surface area contributed by atoms with Crippen LogP contribution in [0.15, 0.2) is 42.6 Å². The molecular formula is C20H20FN3O3. The molecule has 27 heavy (non-hydrogen) atoms. The second kappa shape index (κ2) is 6.74. The number of aromatic nitrogens is 1. The third kappa shape index (κ3) is 3.42. The number of rotatable bonds is 2. The molecule has 7 heteroatoms. The summed E-state index contributed by atoms with van der Waals surface area (Å²) in [5, 5.41) is 0. The summed E-state index contributed by atoms with van der Waals surface area (Å²) in [6.45, 7) is 3.12. The van der Waals surface area contributed by atoms with Gasteiger partial charge in [-0.1, -0.05) is 0 Å². The Morgan fingerprint density at radius 3 is 2.67 bits per heavy atom. The molecule has 0 bridgehead atoms. The van der Waals surface area contributed by atoms with Gasteiger partial charge in [-0.15, -0.1) is 0 Å². The van der Waals surface area contributed by atoms with Crippen LogP contribution in [-0.2, 0) is 9.53 Å². The number of likely N-dealkylation sites (tertiary alicyclic amines) is 1. The molecule has 140 valence electrons. The molecule has 1 aromatic heterocycles. The van der Waals surface area contributed by atoms with E-state index in [0.29, 0.717) is 37.3 Å². The molecule has 2 aromatic rings. The zero-order valence-corrected chi connectivity index (χ0v) is 15.0. The maximum absolute atomic E-state index is 13.2. The van der Waals surface area contributed by atoms with Gasteiger partial charge in [-0.2, -0.15) is 0 Å². The number of anilines is 1. The summed E-state index contributed by atoms with van der Waals surface area (Å²) < 4.78 is 19.1. The molecule has 3 heterocycles. The van der Waals surface area contributed by atoms with Gasteiger partial charge < -0.3 is 14.5 Å². The van der Waals surface area contributed by atoms with E-state index in [0.717, 1.165) is 5.69 Å². The van der Waals surface area contributed by atoms with Gasteiger partial charge in [-0.25, -0.2) is 4.39 Å². The maximum Gasteiger partial charge on any atom is 0.255 e. The number of carbonyl (C=O) groups excluding carboxylic acids is 2. The van der Waals surface area contributed by atoms with Crippen molar-refractivity contribution in [2.24, 2.45) is 0 Å². The third-order valence-corrected chi connectivity index (χ3v) is 5.15. The fourth-order valence-electron chi connectivity index (χ4n) is 3.61. The lowest BCUT2D eigenvalue weighted by molar-refractivity contribution is -0.137. The molecule has 1 atom stereocenters. The second-order valence-electron chi connectivity index (χ2n) is 7.09. The highest BCUT2D eigenvalue weighted by Gasteiger charge is 2.46. The lowest BCUT2D eigenvalue weighted by Crippen LogP contribution is -2.56. The minimum Gasteiger partial charge on any atom is -0.361 e. The monoisotopic (exact) mass is 369 g/mol. The molecule has 0 aliphatic carbocycles. The number of hydrogen-bond acceptors (Lipinski definition) is 4. The minimum atomic E-state index is -0.601. The third-order valence-electron chi connectivity index (χ3n) is 5.15. The summed E-state index contributed by atoms with van der Waals surface area (Å²) in [5.41, 5.74) is 1.43. The van der Waals surface area contributed by atoms with Crippen LogP contribution in [-0.4, -0.2) is 53.5 Å². The number of morpholine rings is 1. The van der Waals surface area contributed by atoms with Gasteiger partial charge in [0.25, 0.3) is 11.8 Å². The Hall–Kier alpha value is -2.80. The molecule has 2 amide bonds. The second-order valence-corrected chi connectivity index (χ2v) is 7.09. The number of benzene rings is 1. The fourth-order valence-corrected chi connectivity index (χ4v) is 3.61. The SMILES string of the molecule is Cc1ccc(C(=O)N2CCC3(C2)CN(c2ccc(F)cc2)C(=O)CO3)cn1. The first-order chi connectivity index (χ1) is 13.0. The van der Waals surface area contributed by atoms with E-state index < -0.39 is 5.60 Å². The van der Waals surface area contributed by atoms with Crippen molar-refractivity contribution in [1.82, 2.24) is 9.88 Å². The Kier molecular flexibility index (Phi) is 4.39. The van der Waals surface area contributed by atoms with Crippen LogP contribution < -0.4 is 4.90 Å². The molecule has 4 rings (SSSR count). The highest BCUT2D eigenvalue weighted by Crippen LogP contribution is 2.32. The summed E-state index contributed by atoms with van der Waals surface area (Å²) in [7, 11) is 0. The van der Waals surface area contributed by atoms with E-state index in [-0.39, 0.29) is 24.2 Å². The smallest absolute Gasteiger partial charge is 0.255 e. The van der Waals surface area contributed by atoms with Gasteiger partial charge in [0.1, 0.15) is 18.0 Å². The lowest BCUT2D eigenvalue weighted by atomic mass is 10.00. The number of ether oxygens (including phenoxy) is 1. The highest BCUT2D eigenvalue weighted by molar-refractivity contribution is 5.96. The van der Waals surface area contributed by atoms with Crippen molar-refractivity contribution in [3.05, 3.63) is 59.7 Å². The van der Waals surface area contributed by atoms with E-state index in [4.69, 9.17) is 4.74 Å². The van der Waals surface area contributed by atoms with Gasteiger partial charge in [0.15, 0.2) is 0 Å². The van der Waals surface area contributed by atoms with Crippen LogP contribution in [0.4, 0.5) is 10.1 Å². The molecule has 1 spiro atoms. The van der Waals surface area contributed by atoms with Gasteiger partial charge in [0.2, 0.25) is 0 Å². The summed E-state index contributed by atoms with van der Waals surface area (Å²) >= 11 is 0.